The van der Waals surface area contributed by atoms with Crippen molar-refractivity contribution < 1.29 is 0 Å². The van der Waals surface area contributed by atoms with Crippen LogP contribution >= 0.6 is 0 Å². The summed E-state index contributed by atoms with van der Waals surface area (Å²) in [4.78, 5) is 3.80. The number of aliphatic imine (C=N–C) groups is 1. The molecule has 1 aliphatic rings. The fourth-order valence-electron chi connectivity index (χ4n) is 0.369. The van der Waals surface area contributed by atoms with Gasteiger partial charge in [-0.05, 0) is 4.99 Å². The second kappa shape index (κ2) is 1.60. The summed E-state index contributed by atoms with van der Waals surface area (Å²) in [6.07, 6.45) is 4.79. The zero-order chi connectivity index (χ0) is 5.11. The zero-order valence-electron chi connectivity index (χ0n) is 3.76. The van der Waals surface area contributed by atoms with Gasteiger partial charge < -0.3 is 0 Å². The normalized spacial score (nSPS) is 15.7. The standard InChI is InChI=1S/C5H5N2/c1-2-5-6-3-4-7-5/h1-4,6H/q+1. The summed E-state index contributed by atoms with van der Waals surface area (Å²) in [5.41, 5.74) is 0. The van der Waals surface area contributed by atoms with Crippen LogP contribution in [0.25, 0.3) is 0 Å². The lowest BCUT2D eigenvalue weighted by molar-refractivity contribution is 1.32. The van der Waals surface area contributed by atoms with Crippen molar-refractivity contribution in [3.05, 3.63) is 25.1 Å². The molecule has 2 heteroatoms. The highest BCUT2D eigenvalue weighted by molar-refractivity contribution is 5.93. The van der Waals surface area contributed by atoms with Crippen LogP contribution in [0.3, 0.4) is 0 Å². The molecule has 1 aliphatic heterocycles. The molecule has 1 heterocycles. The summed E-state index contributed by atoms with van der Waals surface area (Å²) in [5.74, 6) is 0.708. The Hall–Kier alpha value is -1.05. The van der Waals surface area contributed by atoms with Gasteiger partial charge in [0.1, 0.15) is 6.20 Å². The van der Waals surface area contributed by atoms with Gasteiger partial charge in [-0.1, -0.05) is 6.58 Å². The first-order chi connectivity index (χ1) is 3.43. The van der Waals surface area contributed by atoms with E-state index in [9.17, 15) is 0 Å². The molecule has 0 unspecified atom stereocenters. The third kappa shape index (κ3) is 0.682. The molecule has 1 N–H and O–H groups in total. The van der Waals surface area contributed by atoms with Crippen molar-refractivity contribution in [3.8, 4) is 0 Å². The van der Waals surface area contributed by atoms with E-state index in [1.807, 2.05) is 0 Å². The average molecular weight is 93.1 g/mol. The fraction of sp³-hybridized carbons (Fsp3) is 0. The molecule has 0 aliphatic carbocycles. The molecule has 34 valence electrons. The molecule has 7 heavy (non-hydrogen) atoms. The van der Waals surface area contributed by atoms with Crippen LogP contribution < -0.4 is 10.3 Å². The number of hydrogen-bond donors (Lipinski definition) is 1. The molecule has 2 radical (unpaired) electrons. The highest BCUT2D eigenvalue weighted by Crippen LogP contribution is 1.74. The van der Waals surface area contributed by atoms with E-state index in [2.05, 4.69) is 10.3 Å². The average Bonchev–Trinajstić information content (AvgIpc) is 2.14. The Morgan fingerprint density at radius 3 is 3.00 bits per heavy atom. The van der Waals surface area contributed by atoms with E-state index in [-0.39, 0.29) is 0 Å². The van der Waals surface area contributed by atoms with Gasteiger partial charge in [-0.2, -0.15) is 0 Å². The molecule has 1 rings (SSSR count). The van der Waals surface area contributed by atoms with Gasteiger partial charge in [0.05, 0.1) is 0 Å². The number of nitrogens with one attached hydrogen (secondary N) is 1. The van der Waals surface area contributed by atoms with E-state index in [0.717, 1.165) is 0 Å². The first-order valence-electron chi connectivity index (χ1n) is 1.98. The Labute approximate surface area is 42.3 Å². The molecular formula is C5H5N2+. The second-order valence-corrected chi connectivity index (χ2v) is 1.14. The van der Waals surface area contributed by atoms with Crippen molar-refractivity contribution >= 4 is 5.84 Å². The van der Waals surface area contributed by atoms with Gasteiger partial charge in [0.15, 0.2) is 6.20 Å². The van der Waals surface area contributed by atoms with Crippen LogP contribution in [-0.4, -0.2) is 5.84 Å². The van der Waals surface area contributed by atoms with Crippen LogP contribution in [0, 0.1) is 6.58 Å². The number of hydrogen-bond acceptors (Lipinski definition) is 2. The Bertz CT molecular complexity index is 133. The summed E-state index contributed by atoms with van der Waals surface area (Å²) < 4.78 is 0. The number of nitrogens with zero attached hydrogens (tertiary/aromatic N) is 1. The van der Waals surface area contributed by atoms with E-state index in [1.165, 1.54) is 6.08 Å². The van der Waals surface area contributed by atoms with E-state index in [1.54, 1.807) is 12.4 Å². The van der Waals surface area contributed by atoms with Crippen molar-refractivity contribution in [1.29, 1.82) is 0 Å². The zero-order valence-corrected chi connectivity index (χ0v) is 3.76. The summed E-state index contributed by atoms with van der Waals surface area (Å²) >= 11 is 0. The minimum Gasteiger partial charge on any atom is -0.240 e. The summed E-state index contributed by atoms with van der Waals surface area (Å²) in [5, 5.41) is 2.80. The van der Waals surface area contributed by atoms with Crippen molar-refractivity contribution in [2.24, 2.45) is 0 Å². The maximum Gasteiger partial charge on any atom is 0.320 e. The van der Waals surface area contributed by atoms with Crippen LogP contribution in [0.15, 0.2) is 18.5 Å². The van der Waals surface area contributed by atoms with E-state index >= 15 is 0 Å². The molecule has 0 saturated carbocycles. The summed E-state index contributed by atoms with van der Waals surface area (Å²) in [6, 6.07) is 0. The molecule has 0 saturated heterocycles. The van der Waals surface area contributed by atoms with Gasteiger partial charge in [0, 0.05) is 6.08 Å². The lowest BCUT2D eigenvalue weighted by atomic mass is 10.6. The summed E-state index contributed by atoms with van der Waals surface area (Å²) in [7, 11) is 0. The minimum atomic E-state index is 0.708. The van der Waals surface area contributed by atoms with Gasteiger partial charge in [-0.25, -0.2) is 5.32 Å². The maximum atomic E-state index is 5.08. The molecule has 0 atom stereocenters. The van der Waals surface area contributed by atoms with Crippen LogP contribution in [-0.2, 0) is 0 Å². The molecule has 0 bridgehead atoms. The lowest BCUT2D eigenvalue weighted by Gasteiger charge is -1.72. The van der Waals surface area contributed by atoms with Crippen LogP contribution in [0.5, 0.6) is 0 Å². The molecule has 2 nitrogen and oxygen atoms in total. The minimum absolute atomic E-state index is 0.708. The van der Waals surface area contributed by atoms with Gasteiger partial charge in [-0.15, -0.1) is 0 Å². The number of amidine groups is 1. The highest BCUT2D eigenvalue weighted by Gasteiger charge is 2.02. The Balaban J connectivity index is 2.61. The lowest BCUT2D eigenvalue weighted by Crippen LogP contribution is -2.12. The first kappa shape index (κ1) is 4.12. The maximum absolute atomic E-state index is 5.08. The van der Waals surface area contributed by atoms with Gasteiger partial charge in [0.25, 0.3) is 0 Å². The van der Waals surface area contributed by atoms with Gasteiger partial charge in [0.2, 0.25) is 0 Å². The van der Waals surface area contributed by atoms with Gasteiger partial charge >= 0.3 is 5.84 Å². The third-order valence-corrected chi connectivity index (χ3v) is 0.677. The largest absolute Gasteiger partial charge is 0.320 e. The highest BCUT2D eigenvalue weighted by atomic mass is 15.0. The van der Waals surface area contributed by atoms with Gasteiger partial charge in [-0.3, -0.25) is 0 Å². The van der Waals surface area contributed by atoms with Crippen LogP contribution in [0.1, 0.15) is 0 Å². The SMILES string of the molecule is [CH]=CC1=[N+]C=CN1. The monoisotopic (exact) mass is 93.0 g/mol. The predicted octanol–water partition coefficient (Wildman–Crippen LogP) is -0.216. The van der Waals surface area contributed by atoms with Crippen molar-refractivity contribution in [1.82, 2.24) is 10.3 Å². The van der Waals surface area contributed by atoms with E-state index in [0.29, 0.717) is 5.84 Å². The van der Waals surface area contributed by atoms with Crippen molar-refractivity contribution in [3.63, 3.8) is 0 Å². The molecule has 0 aromatic carbocycles. The van der Waals surface area contributed by atoms with E-state index in [4.69, 9.17) is 6.58 Å². The van der Waals surface area contributed by atoms with Crippen molar-refractivity contribution in [2.45, 2.75) is 0 Å². The number of rotatable bonds is 1. The van der Waals surface area contributed by atoms with Crippen molar-refractivity contribution in [2.75, 3.05) is 0 Å². The smallest absolute Gasteiger partial charge is 0.240 e. The molecule has 0 aromatic rings. The molecule has 0 amide bonds. The molecule has 0 spiro atoms. The third-order valence-electron chi connectivity index (χ3n) is 0.677. The summed E-state index contributed by atoms with van der Waals surface area (Å²) in [6.45, 7) is 5.08. The molecule has 0 fully saturated rings. The Kier molecular flexibility index (Phi) is 0.941. The topological polar surface area (TPSA) is 26.1 Å². The van der Waals surface area contributed by atoms with Crippen LogP contribution in [0.4, 0.5) is 0 Å². The predicted molar refractivity (Wildman–Crippen MR) is 28.3 cm³/mol. The van der Waals surface area contributed by atoms with Crippen LogP contribution in [0.2, 0.25) is 0 Å². The van der Waals surface area contributed by atoms with E-state index < -0.39 is 0 Å². The Morgan fingerprint density at radius 1 is 1.86 bits per heavy atom. The quantitative estimate of drug-likeness (QED) is 0.476. The second-order valence-electron chi connectivity index (χ2n) is 1.14. The Morgan fingerprint density at radius 2 is 2.71 bits per heavy atom. The molecule has 0 aromatic heterocycles. The fourth-order valence-corrected chi connectivity index (χ4v) is 0.369. The first-order valence-corrected chi connectivity index (χ1v) is 1.98. The molecular weight excluding hydrogens is 88.1 g/mol.